The molecule has 1 aliphatic carbocycles. The minimum Gasteiger partial charge on any atom is -0.481 e. The first-order chi connectivity index (χ1) is 7.68. The quantitative estimate of drug-likeness (QED) is 0.814. The largest absolute Gasteiger partial charge is 0.481 e. The second-order valence-electron chi connectivity index (χ2n) is 4.50. The van der Waals surface area contributed by atoms with Gasteiger partial charge in [0.2, 0.25) is 0 Å². The molecule has 1 unspecified atom stereocenters. The lowest BCUT2D eigenvalue weighted by atomic mass is 9.70. The Labute approximate surface area is 94.7 Å². The number of aliphatic hydroxyl groups excluding tert-OH is 1. The van der Waals surface area contributed by atoms with E-state index >= 15 is 0 Å². The fourth-order valence-corrected chi connectivity index (χ4v) is 2.52. The Morgan fingerprint density at radius 1 is 1.31 bits per heavy atom. The maximum Gasteiger partial charge on any atom is 0.310 e. The van der Waals surface area contributed by atoms with Crippen molar-refractivity contribution in [3.8, 4) is 0 Å². The minimum atomic E-state index is -0.781. The predicted octanol–water partition coefficient (Wildman–Crippen LogP) is 1.63. The summed E-state index contributed by atoms with van der Waals surface area (Å²) >= 11 is 0. The van der Waals surface area contributed by atoms with Crippen LogP contribution in [0.1, 0.15) is 24.0 Å². The normalized spacial score (nSPS) is 23.8. The number of aryl methyl sites for hydroxylation is 1. The van der Waals surface area contributed by atoms with Gasteiger partial charge in [0.05, 0.1) is 5.41 Å². The molecule has 0 fully saturated rings. The molecule has 0 spiro atoms. The van der Waals surface area contributed by atoms with Crippen molar-refractivity contribution in [1.82, 2.24) is 0 Å². The third-order valence-corrected chi connectivity index (χ3v) is 3.56. The average Bonchev–Trinajstić information content (AvgIpc) is 2.29. The molecule has 0 amide bonds. The Kier molecular flexibility index (Phi) is 2.97. The smallest absolute Gasteiger partial charge is 0.310 e. The van der Waals surface area contributed by atoms with E-state index in [1.54, 1.807) is 0 Å². The second kappa shape index (κ2) is 4.26. The van der Waals surface area contributed by atoms with E-state index in [9.17, 15) is 9.90 Å². The first kappa shape index (κ1) is 11.1. The van der Waals surface area contributed by atoms with Crippen molar-refractivity contribution < 1.29 is 15.0 Å². The number of rotatable bonds is 3. The van der Waals surface area contributed by atoms with Crippen LogP contribution in [-0.2, 0) is 17.6 Å². The summed E-state index contributed by atoms with van der Waals surface area (Å²) in [4.78, 5) is 11.4. The van der Waals surface area contributed by atoms with E-state index in [0.717, 1.165) is 12.0 Å². The Balaban J connectivity index is 2.31. The molecule has 2 N–H and O–H groups in total. The number of hydrogen-bond acceptors (Lipinski definition) is 2. The number of carbonyl (C=O) groups is 1. The first-order valence-electron chi connectivity index (χ1n) is 5.59. The Bertz CT molecular complexity index is 400. The van der Waals surface area contributed by atoms with E-state index in [-0.39, 0.29) is 6.61 Å². The summed E-state index contributed by atoms with van der Waals surface area (Å²) in [5, 5.41) is 18.4. The number of benzene rings is 1. The zero-order valence-electron chi connectivity index (χ0n) is 9.15. The van der Waals surface area contributed by atoms with E-state index in [1.165, 1.54) is 5.56 Å². The number of fused-ring (bicyclic) bond motifs is 1. The maximum absolute atomic E-state index is 11.4. The predicted molar refractivity (Wildman–Crippen MR) is 60.2 cm³/mol. The highest BCUT2D eigenvalue weighted by atomic mass is 16.4. The fraction of sp³-hybridized carbons (Fsp3) is 0.462. The van der Waals surface area contributed by atoms with E-state index in [2.05, 4.69) is 6.07 Å². The zero-order valence-corrected chi connectivity index (χ0v) is 9.15. The highest BCUT2D eigenvalue weighted by molar-refractivity contribution is 5.75. The summed E-state index contributed by atoms with van der Waals surface area (Å²) in [6.45, 7) is -0.0610. The summed E-state index contributed by atoms with van der Waals surface area (Å²) in [6.07, 6.45) is 2.30. The van der Waals surface area contributed by atoms with Crippen LogP contribution < -0.4 is 0 Å². The highest BCUT2D eigenvalue weighted by Crippen LogP contribution is 2.38. The van der Waals surface area contributed by atoms with Gasteiger partial charge >= 0.3 is 5.97 Å². The van der Waals surface area contributed by atoms with Gasteiger partial charge in [-0.2, -0.15) is 0 Å². The molecular formula is C13H16O3. The lowest BCUT2D eigenvalue weighted by Crippen LogP contribution is -2.37. The van der Waals surface area contributed by atoms with Crippen LogP contribution in [-0.4, -0.2) is 22.8 Å². The van der Waals surface area contributed by atoms with E-state index in [0.29, 0.717) is 19.3 Å². The van der Waals surface area contributed by atoms with Gasteiger partial charge < -0.3 is 10.2 Å². The maximum atomic E-state index is 11.4. The monoisotopic (exact) mass is 220 g/mol. The van der Waals surface area contributed by atoms with Crippen LogP contribution in [0.15, 0.2) is 24.3 Å². The number of hydrogen-bond donors (Lipinski definition) is 2. The first-order valence-corrected chi connectivity index (χ1v) is 5.59. The van der Waals surface area contributed by atoms with E-state index in [1.807, 2.05) is 18.2 Å². The highest BCUT2D eigenvalue weighted by Gasteiger charge is 2.40. The molecule has 86 valence electrons. The molecule has 1 aromatic carbocycles. The summed E-state index contributed by atoms with van der Waals surface area (Å²) in [5.74, 6) is -0.781. The van der Waals surface area contributed by atoms with Crippen molar-refractivity contribution in [3.63, 3.8) is 0 Å². The SMILES string of the molecule is O=C(O)C1(CCO)CCc2ccccc2C1. The van der Waals surface area contributed by atoms with Crippen LogP contribution in [0, 0.1) is 5.41 Å². The third-order valence-electron chi connectivity index (χ3n) is 3.56. The van der Waals surface area contributed by atoms with E-state index in [4.69, 9.17) is 5.11 Å². The molecule has 2 rings (SSSR count). The molecule has 0 aromatic heterocycles. The number of carboxylic acid groups (broad SMARTS) is 1. The van der Waals surface area contributed by atoms with Gasteiger partial charge in [0.15, 0.2) is 0 Å². The lowest BCUT2D eigenvalue weighted by molar-refractivity contribution is -0.150. The van der Waals surface area contributed by atoms with E-state index < -0.39 is 11.4 Å². The third kappa shape index (κ3) is 1.83. The molecule has 1 atom stereocenters. The van der Waals surface area contributed by atoms with Crippen LogP contribution in [0.25, 0.3) is 0 Å². The topological polar surface area (TPSA) is 57.5 Å². The molecule has 0 bridgehead atoms. The Hall–Kier alpha value is -1.35. The fourth-order valence-electron chi connectivity index (χ4n) is 2.52. The molecule has 1 aliphatic rings. The number of carboxylic acids is 1. The van der Waals surface area contributed by atoms with Gasteiger partial charge in [-0.3, -0.25) is 4.79 Å². The van der Waals surface area contributed by atoms with Crippen molar-refractivity contribution in [1.29, 1.82) is 0 Å². The van der Waals surface area contributed by atoms with Gasteiger partial charge in [-0.1, -0.05) is 24.3 Å². The van der Waals surface area contributed by atoms with Gasteiger partial charge in [-0.15, -0.1) is 0 Å². The standard InChI is InChI=1S/C13H16O3/c14-8-7-13(12(15)16)6-5-10-3-1-2-4-11(10)9-13/h1-4,14H,5-9H2,(H,15,16). The Morgan fingerprint density at radius 3 is 2.62 bits per heavy atom. The summed E-state index contributed by atoms with van der Waals surface area (Å²) in [5.41, 5.74) is 1.60. The lowest BCUT2D eigenvalue weighted by Gasteiger charge is -2.34. The van der Waals surface area contributed by atoms with Crippen molar-refractivity contribution in [2.75, 3.05) is 6.61 Å². The van der Waals surface area contributed by atoms with Crippen LogP contribution in [0.4, 0.5) is 0 Å². The van der Waals surface area contributed by atoms with Gasteiger partial charge in [0.1, 0.15) is 0 Å². The molecule has 0 aliphatic heterocycles. The van der Waals surface area contributed by atoms with Crippen molar-refractivity contribution in [2.45, 2.75) is 25.7 Å². The van der Waals surface area contributed by atoms with Gasteiger partial charge in [0.25, 0.3) is 0 Å². The molecule has 16 heavy (non-hydrogen) atoms. The number of aliphatic hydroxyl groups is 1. The van der Waals surface area contributed by atoms with Crippen LogP contribution in [0.2, 0.25) is 0 Å². The minimum absolute atomic E-state index is 0.0610. The number of aliphatic carboxylic acids is 1. The Morgan fingerprint density at radius 2 is 2.00 bits per heavy atom. The molecule has 0 heterocycles. The van der Waals surface area contributed by atoms with Gasteiger partial charge in [0, 0.05) is 6.61 Å². The summed E-state index contributed by atoms with van der Waals surface area (Å²) in [6, 6.07) is 7.97. The van der Waals surface area contributed by atoms with Gasteiger partial charge in [-0.25, -0.2) is 0 Å². The van der Waals surface area contributed by atoms with Crippen LogP contribution in [0.5, 0.6) is 0 Å². The van der Waals surface area contributed by atoms with Crippen LogP contribution in [0.3, 0.4) is 0 Å². The van der Waals surface area contributed by atoms with Crippen molar-refractivity contribution in [3.05, 3.63) is 35.4 Å². The van der Waals surface area contributed by atoms with Crippen LogP contribution >= 0.6 is 0 Å². The average molecular weight is 220 g/mol. The molecule has 0 radical (unpaired) electrons. The van der Waals surface area contributed by atoms with Crippen molar-refractivity contribution >= 4 is 5.97 Å². The summed E-state index contributed by atoms with van der Waals surface area (Å²) < 4.78 is 0. The molecule has 0 saturated heterocycles. The zero-order chi connectivity index (χ0) is 11.6. The molecule has 3 nitrogen and oxygen atoms in total. The molecule has 0 saturated carbocycles. The molecule has 1 aromatic rings. The molecular weight excluding hydrogens is 204 g/mol. The summed E-state index contributed by atoms with van der Waals surface area (Å²) in [7, 11) is 0. The van der Waals surface area contributed by atoms with Gasteiger partial charge in [-0.05, 0) is 36.8 Å². The van der Waals surface area contributed by atoms with Crippen molar-refractivity contribution in [2.24, 2.45) is 5.41 Å². The second-order valence-corrected chi connectivity index (χ2v) is 4.50. The molecule has 3 heteroatoms.